The number of amides is 1. The first-order valence-electron chi connectivity index (χ1n) is 6.32. The fraction of sp³-hybridized carbons (Fsp3) is 0.917. The van der Waals surface area contributed by atoms with E-state index in [9.17, 15) is 4.79 Å². The summed E-state index contributed by atoms with van der Waals surface area (Å²) in [5.41, 5.74) is 5.12. The lowest BCUT2D eigenvalue weighted by molar-refractivity contribution is -0.118. The number of carbonyl (C=O) groups excluding carboxylic acids is 1. The maximum absolute atomic E-state index is 10.7. The van der Waals surface area contributed by atoms with E-state index in [2.05, 4.69) is 5.32 Å². The van der Waals surface area contributed by atoms with E-state index in [-0.39, 0.29) is 11.9 Å². The summed E-state index contributed by atoms with van der Waals surface area (Å²) in [7, 11) is 0. The Kier molecular flexibility index (Phi) is 6.42. The molecular formula is C12H24N2O2. The Morgan fingerprint density at radius 1 is 1.56 bits per heavy atom. The molecule has 1 rings (SSSR count). The minimum absolute atomic E-state index is 0.185. The van der Waals surface area contributed by atoms with Crippen molar-refractivity contribution in [3.63, 3.8) is 0 Å². The Morgan fingerprint density at radius 2 is 2.38 bits per heavy atom. The van der Waals surface area contributed by atoms with E-state index in [4.69, 9.17) is 10.5 Å². The van der Waals surface area contributed by atoms with Crippen LogP contribution in [0.1, 0.15) is 45.4 Å². The van der Waals surface area contributed by atoms with Crippen LogP contribution < -0.4 is 11.1 Å². The van der Waals surface area contributed by atoms with Crippen LogP contribution in [0.3, 0.4) is 0 Å². The molecule has 0 saturated carbocycles. The molecule has 2 atom stereocenters. The van der Waals surface area contributed by atoms with E-state index in [1.165, 1.54) is 19.3 Å². The molecule has 4 heteroatoms. The van der Waals surface area contributed by atoms with Crippen LogP contribution in [0.15, 0.2) is 0 Å². The number of primary amides is 1. The number of hydrogen-bond acceptors (Lipinski definition) is 3. The standard InChI is InChI=1S/C12H24N2O2/c1-10(9-12(13)15)14-7-4-6-11-5-2-3-8-16-11/h10-11,14H,2-9H2,1H3,(H2,13,15). The molecule has 0 aromatic carbocycles. The Bertz CT molecular complexity index is 203. The summed E-state index contributed by atoms with van der Waals surface area (Å²) < 4.78 is 5.65. The largest absolute Gasteiger partial charge is 0.378 e. The van der Waals surface area contributed by atoms with Gasteiger partial charge in [-0.1, -0.05) is 0 Å². The lowest BCUT2D eigenvalue weighted by atomic mass is 10.0. The van der Waals surface area contributed by atoms with E-state index >= 15 is 0 Å². The van der Waals surface area contributed by atoms with Gasteiger partial charge in [-0.05, 0) is 45.6 Å². The van der Waals surface area contributed by atoms with Crippen LogP contribution in [-0.2, 0) is 9.53 Å². The summed E-state index contributed by atoms with van der Waals surface area (Å²) in [4.78, 5) is 10.7. The number of rotatable bonds is 7. The van der Waals surface area contributed by atoms with Crippen LogP contribution in [0.25, 0.3) is 0 Å². The third kappa shape index (κ3) is 6.08. The van der Waals surface area contributed by atoms with Gasteiger partial charge in [0.2, 0.25) is 5.91 Å². The molecule has 94 valence electrons. The molecule has 2 unspecified atom stereocenters. The highest BCUT2D eigenvalue weighted by atomic mass is 16.5. The van der Waals surface area contributed by atoms with Gasteiger partial charge in [0.25, 0.3) is 0 Å². The molecule has 0 spiro atoms. The van der Waals surface area contributed by atoms with Crippen LogP contribution in [0.5, 0.6) is 0 Å². The normalized spacial score (nSPS) is 22.9. The van der Waals surface area contributed by atoms with Gasteiger partial charge in [0.1, 0.15) is 0 Å². The zero-order valence-corrected chi connectivity index (χ0v) is 10.2. The van der Waals surface area contributed by atoms with Gasteiger partial charge in [-0.15, -0.1) is 0 Å². The molecule has 1 aliphatic rings. The smallest absolute Gasteiger partial charge is 0.218 e. The third-order valence-corrected chi connectivity index (χ3v) is 2.98. The third-order valence-electron chi connectivity index (χ3n) is 2.98. The van der Waals surface area contributed by atoms with Crippen molar-refractivity contribution in [2.24, 2.45) is 5.73 Å². The molecule has 0 bridgehead atoms. The minimum Gasteiger partial charge on any atom is -0.378 e. The number of carbonyl (C=O) groups is 1. The van der Waals surface area contributed by atoms with E-state index < -0.39 is 0 Å². The van der Waals surface area contributed by atoms with Gasteiger partial charge in [-0.3, -0.25) is 4.79 Å². The lowest BCUT2D eigenvalue weighted by Crippen LogP contribution is -2.32. The van der Waals surface area contributed by atoms with Crippen molar-refractivity contribution in [1.82, 2.24) is 5.32 Å². The van der Waals surface area contributed by atoms with Crippen molar-refractivity contribution in [3.05, 3.63) is 0 Å². The summed E-state index contributed by atoms with van der Waals surface area (Å²) in [6, 6.07) is 0.185. The Balaban J connectivity index is 1.96. The molecule has 4 nitrogen and oxygen atoms in total. The van der Waals surface area contributed by atoms with Crippen molar-refractivity contribution >= 4 is 5.91 Å². The second-order valence-electron chi connectivity index (χ2n) is 4.66. The lowest BCUT2D eigenvalue weighted by Gasteiger charge is -2.22. The molecule has 0 radical (unpaired) electrons. The first kappa shape index (κ1) is 13.5. The zero-order valence-electron chi connectivity index (χ0n) is 10.2. The van der Waals surface area contributed by atoms with Gasteiger partial charge in [-0.2, -0.15) is 0 Å². The minimum atomic E-state index is -0.240. The quantitative estimate of drug-likeness (QED) is 0.643. The van der Waals surface area contributed by atoms with Gasteiger partial charge < -0.3 is 15.8 Å². The predicted octanol–water partition coefficient (Wildman–Crippen LogP) is 1.19. The molecule has 3 N–H and O–H groups in total. The molecule has 1 saturated heterocycles. The van der Waals surface area contributed by atoms with Crippen molar-refractivity contribution in [2.75, 3.05) is 13.2 Å². The number of nitrogens with one attached hydrogen (secondary N) is 1. The maximum Gasteiger partial charge on any atom is 0.218 e. The van der Waals surface area contributed by atoms with Crippen molar-refractivity contribution in [1.29, 1.82) is 0 Å². The number of nitrogens with two attached hydrogens (primary N) is 1. The molecule has 16 heavy (non-hydrogen) atoms. The van der Waals surface area contributed by atoms with Crippen LogP contribution in [0.4, 0.5) is 0 Å². The summed E-state index contributed by atoms with van der Waals surface area (Å²) in [5, 5.41) is 3.30. The highest BCUT2D eigenvalue weighted by Gasteiger charge is 2.13. The Labute approximate surface area is 97.9 Å². The molecule has 0 aromatic heterocycles. The fourth-order valence-corrected chi connectivity index (χ4v) is 2.09. The first-order valence-corrected chi connectivity index (χ1v) is 6.32. The number of ether oxygens (including phenoxy) is 1. The van der Waals surface area contributed by atoms with E-state index in [0.29, 0.717) is 12.5 Å². The van der Waals surface area contributed by atoms with Gasteiger partial charge >= 0.3 is 0 Å². The van der Waals surface area contributed by atoms with Crippen LogP contribution in [0.2, 0.25) is 0 Å². The van der Waals surface area contributed by atoms with E-state index in [0.717, 1.165) is 26.0 Å². The van der Waals surface area contributed by atoms with Gasteiger partial charge in [0.15, 0.2) is 0 Å². The topological polar surface area (TPSA) is 64.4 Å². The summed E-state index contributed by atoms with van der Waals surface area (Å²) in [5.74, 6) is -0.240. The van der Waals surface area contributed by atoms with Crippen molar-refractivity contribution in [2.45, 2.75) is 57.6 Å². The fourth-order valence-electron chi connectivity index (χ4n) is 2.09. The molecule has 0 aliphatic carbocycles. The zero-order chi connectivity index (χ0) is 11.8. The number of hydrogen-bond donors (Lipinski definition) is 2. The Morgan fingerprint density at radius 3 is 3.00 bits per heavy atom. The SMILES string of the molecule is CC(CC(N)=O)NCCCC1CCCCO1. The molecule has 1 aliphatic heterocycles. The van der Waals surface area contributed by atoms with E-state index in [1.807, 2.05) is 6.92 Å². The summed E-state index contributed by atoms with van der Waals surface area (Å²) >= 11 is 0. The van der Waals surface area contributed by atoms with E-state index in [1.54, 1.807) is 0 Å². The van der Waals surface area contributed by atoms with Crippen LogP contribution >= 0.6 is 0 Å². The van der Waals surface area contributed by atoms with Gasteiger partial charge in [-0.25, -0.2) is 0 Å². The highest BCUT2D eigenvalue weighted by Crippen LogP contribution is 2.16. The monoisotopic (exact) mass is 228 g/mol. The highest BCUT2D eigenvalue weighted by molar-refractivity contribution is 5.74. The second-order valence-corrected chi connectivity index (χ2v) is 4.66. The molecule has 1 amide bonds. The second kappa shape index (κ2) is 7.63. The van der Waals surface area contributed by atoms with Gasteiger partial charge in [0, 0.05) is 19.1 Å². The van der Waals surface area contributed by atoms with Crippen LogP contribution in [-0.4, -0.2) is 31.2 Å². The maximum atomic E-state index is 10.7. The molecule has 0 aromatic rings. The molecule has 1 fully saturated rings. The van der Waals surface area contributed by atoms with Crippen LogP contribution in [0, 0.1) is 0 Å². The first-order chi connectivity index (χ1) is 7.68. The average molecular weight is 228 g/mol. The molecular weight excluding hydrogens is 204 g/mol. The predicted molar refractivity (Wildman–Crippen MR) is 64.1 cm³/mol. The van der Waals surface area contributed by atoms with Gasteiger partial charge in [0.05, 0.1) is 6.10 Å². The van der Waals surface area contributed by atoms with Crippen molar-refractivity contribution < 1.29 is 9.53 Å². The Hall–Kier alpha value is -0.610. The summed E-state index contributed by atoms with van der Waals surface area (Å²) in [6.07, 6.45) is 6.82. The summed E-state index contributed by atoms with van der Waals surface area (Å²) in [6.45, 7) is 3.85. The average Bonchev–Trinajstić information content (AvgIpc) is 2.25. The van der Waals surface area contributed by atoms with Crippen molar-refractivity contribution in [3.8, 4) is 0 Å². The molecule has 1 heterocycles.